The highest BCUT2D eigenvalue weighted by atomic mass is 32.2. The van der Waals surface area contributed by atoms with E-state index in [0.717, 1.165) is 0 Å². The Morgan fingerprint density at radius 3 is 2.75 bits per heavy atom. The molecule has 7 heteroatoms. The van der Waals surface area contributed by atoms with Crippen LogP contribution in [0.4, 0.5) is 0 Å². The van der Waals surface area contributed by atoms with Gasteiger partial charge in [0.15, 0.2) is 5.03 Å². The van der Waals surface area contributed by atoms with Gasteiger partial charge < -0.3 is 10.7 Å². The van der Waals surface area contributed by atoms with E-state index < -0.39 is 10.0 Å². The molecule has 1 fully saturated rings. The lowest BCUT2D eigenvalue weighted by molar-refractivity contribution is 0.0903. The highest BCUT2D eigenvalue weighted by Crippen LogP contribution is 2.39. The molecule has 1 aromatic heterocycles. The summed E-state index contributed by atoms with van der Waals surface area (Å²) in [5.41, 5.74) is 5.63. The van der Waals surface area contributed by atoms with E-state index in [1.54, 1.807) is 0 Å². The van der Waals surface area contributed by atoms with Crippen LogP contribution in [0.1, 0.15) is 20.3 Å². The van der Waals surface area contributed by atoms with Crippen LogP contribution in [0.25, 0.3) is 0 Å². The highest BCUT2D eigenvalue weighted by Gasteiger charge is 2.47. The van der Waals surface area contributed by atoms with Crippen molar-refractivity contribution in [3.05, 3.63) is 12.5 Å². The van der Waals surface area contributed by atoms with Crippen molar-refractivity contribution >= 4 is 10.0 Å². The molecule has 0 aromatic carbocycles. The molecule has 16 heavy (non-hydrogen) atoms. The molecule has 2 atom stereocenters. The maximum absolute atomic E-state index is 11.9. The Labute approximate surface area is 94.7 Å². The molecule has 0 bridgehead atoms. The van der Waals surface area contributed by atoms with Gasteiger partial charge in [0.05, 0.1) is 12.5 Å². The Bertz CT molecular complexity index is 466. The molecule has 1 aliphatic carbocycles. The molecule has 0 saturated heterocycles. The number of aromatic amines is 1. The molecule has 2 unspecified atom stereocenters. The summed E-state index contributed by atoms with van der Waals surface area (Å²) >= 11 is 0. The predicted molar refractivity (Wildman–Crippen MR) is 59.1 cm³/mol. The number of rotatable bonds is 3. The van der Waals surface area contributed by atoms with E-state index in [-0.39, 0.29) is 22.5 Å². The fourth-order valence-corrected chi connectivity index (χ4v) is 3.11. The zero-order valence-corrected chi connectivity index (χ0v) is 10.1. The SMILES string of the molecule is CC1(C)C(N)CC1NS(=O)(=O)c1cnc[nH]1. The average Bonchev–Trinajstić information content (AvgIpc) is 2.70. The summed E-state index contributed by atoms with van der Waals surface area (Å²) in [5, 5.41) is 0.0868. The second-order valence-electron chi connectivity index (χ2n) is 4.75. The predicted octanol–water partition coefficient (Wildman–Crippen LogP) is -0.186. The van der Waals surface area contributed by atoms with Gasteiger partial charge in [0.25, 0.3) is 10.0 Å². The van der Waals surface area contributed by atoms with Crippen molar-refractivity contribution < 1.29 is 8.42 Å². The van der Waals surface area contributed by atoms with Gasteiger partial charge in [-0.2, -0.15) is 0 Å². The Morgan fingerprint density at radius 1 is 1.62 bits per heavy atom. The second kappa shape index (κ2) is 3.54. The lowest BCUT2D eigenvalue weighted by Gasteiger charge is -2.50. The van der Waals surface area contributed by atoms with E-state index in [1.807, 2.05) is 13.8 Å². The normalized spacial score (nSPS) is 28.7. The van der Waals surface area contributed by atoms with Gasteiger partial charge in [-0.25, -0.2) is 18.1 Å². The van der Waals surface area contributed by atoms with E-state index in [0.29, 0.717) is 6.42 Å². The van der Waals surface area contributed by atoms with E-state index in [1.165, 1.54) is 12.5 Å². The largest absolute Gasteiger partial charge is 0.335 e. The van der Waals surface area contributed by atoms with Crippen molar-refractivity contribution in [1.29, 1.82) is 0 Å². The third-order valence-corrected chi connectivity index (χ3v) is 4.80. The monoisotopic (exact) mass is 244 g/mol. The summed E-state index contributed by atoms with van der Waals surface area (Å²) in [7, 11) is -3.50. The van der Waals surface area contributed by atoms with E-state index in [4.69, 9.17) is 5.73 Å². The first-order chi connectivity index (χ1) is 7.34. The molecule has 0 radical (unpaired) electrons. The van der Waals surface area contributed by atoms with E-state index in [9.17, 15) is 8.42 Å². The maximum Gasteiger partial charge on any atom is 0.257 e. The van der Waals surface area contributed by atoms with Gasteiger partial charge in [-0.3, -0.25) is 0 Å². The van der Waals surface area contributed by atoms with Crippen molar-refractivity contribution in [2.24, 2.45) is 11.1 Å². The van der Waals surface area contributed by atoms with Crippen LogP contribution in [0.5, 0.6) is 0 Å². The molecular weight excluding hydrogens is 228 g/mol. The van der Waals surface area contributed by atoms with Crippen LogP contribution in [0.2, 0.25) is 0 Å². The fourth-order valence-electron chi connectivity index (χ4n) is 1.80. The number of nitrogens with one attached hydrogen (secondary N) is 2. The van der Waals surface area contributed by atoms with Crippen molar-refractivity contribution in [3.8, 4) is 0 Å². The van der Waals surface area contributed by atoms with E-state index >= 15 is 0 Å². The molecule has 0 spiro atoms. The zero-order chi connectivity index (χ0) is 12.0. The Morgan fingerprint density at radius 2 is 2.31 bits per heavy atom. The minimum Gasteiger partial charge on any atom is -0.335 e. The lowest BCUT2D eigenvalue weighted by Crippen LogP contribution is -2.64. The van der Waals surface area contributed by atoms with Gasteiger partial charge in [0, 0.05) is 12.1 Å². The van der Waals surface area contributed by atoms with Crippen LogP contribution in [0, 0.1) is 5.41 Å². The van der Waals surface area contributed by atoms with Crippen LogP contribution in [0.3, 0.4) is 0 Å². The quantitative estimate of drug-likeness (QED) is 0.686. The molecule has 1 heterocycles. The molecule has 1 aliphatic rings. The van der Waals surface area contributed by atoms with Crippen LogP contribution < -0.4 is 10.5 Å². The summed E-state index contributed by atoms with van der Waals surface area (Å²) < 4.78 is 26.4. The third kappa shape index (κ3) is 1.74. The molecule has 4 N–H and O–H groups in total. The lowest BCUT2D eigenvalue weighted by atomic mass is 9.64. The first kappa shape index (κ1) is 11.6. The topological polar surface area (TPSA) is 101 Å². The summed E-state index contributed by atoms with van der Waals surface area (Å²) in [5.74, 6) is 0. The Hall–Kier alpha value is -0.920. The number of nitrogens with two attached hydrogens (primary N) is 1. The minimum atomic E-state index is -3.50. The van der Waals surface area contributed by atoms with Crippen LogP contribution in [0.15, 0.2) is 17.6 Å². The van der Waals surface area contributed by atoms with Crippen molar-refractivity contribution in [1.82, 2.24) is 14.7 Å². The molecule has 2 rings (SSSR count). The molecular formula is C9H16N4O2S. The molecule has 0 amide bonds. The van der Waals surface area contributed by atoms with Gasteiger partial charge in [-0.05, 0) is 11.8 Å². The van der Waals surface area contributed by atoms with Gasteiger partial charge in [0.1, 0.15) is 0 Å². The number of nitrogens with zero attached hydrogens (tertiary/aromatic N) is 1. The van der Waals surface area contributed by atoms with Gasteiger partial charge in [-0.15, -0.1) is 0 Å². The first-order valence-corrected chi connectivity index (χ1v) is 6.58. The summed E-state index contributed by atoms with van der Waals surface area (Å²) in [6.07, 6.45) is 3.29. The standard InChI is InChI=1S/C9H16N4O2S/c1-9(2)6(10)3-7(9)13-16(14,15)8-4-11-5-12-8/h4-7,13H,3,10H2,1-2H3,(H,11,12). The number of imidazole rings is 1. The van der Waals surface area contributed by atoms with E-state index in [2.05, 4.69) is 14.7 Å². The van der Waals surface area contributed by atoms with Crippen LogP contribution in [-0.2, 0) is 10.0 Å². The average molecular weight is 244 g/mol. The molecule has 1 saturated carbocycles. The van der Waals surface area contributed by atoms with Crippen molar-refractivity contribution in [2.45, 2.75) is 37.4 Å². The molecule has 0 aliphatic heterocycles. The molecule has 90 valence electrons. The molecule has 1 aromatic rings. The number of hydrogen-bond donors (Lipinski definition) is 3. The van der Waals surface area contributed by atoms with Gasteiger partial charge in [-0.1, -0.05) is 13.8 Å². The number of sulfonamides is 1. The number of hydrogen-bond acceptors (Lipinski definition) is 4. The summed E-state index contributed by atoms with van der Waals surface area (Å²) in [6.45, 7) is 3.92. The minimum absolute atomic E-state index is 0.0435. The molecule has 6 nitrogen and oxygen atoms in total. The highest BCUT2D eigenvalue weighted by molar-refractivity contribution is 7.89. The Kier molecular flexibility index (Phi) is 2.56. The third-order valence-electron chi connectivity index (χ3n) is 3.40. The van der Waals surface area contributed by atoms with Gasteiger partial charge >= 0.3 is 0 Å². The number of aromatic nitrogens is 2. The smallest absolute Gasteiger partial charge is 0.257 e. The second-order valence-corrected chi connectivity index (χ2v) is 6.44. The van der Waals surface area contributed by atoms with Crippen molar-refractivity contribution in [3.63, 3.8) is 0 Å². The summed E-state index contributed by atoms with van der Waals surface area (Å²) in [4.78, 5) is 6.27. The van der Waals surface area contributed by atoms with Crippen LogP contribution in [-0.4, -0.2) is 30.5 Å². The van der Waals surface area contributed by atoms with Crippen molar-refractivity contribution in [2.75, 3.05) is 0 Å². The van der Waals surface area contributed by atoms with Gasteiger partial charge in [0.2, 0.25) is 0 Å². The first-order valence-electron chi connectivity index (χ1n) is 5.10. The number of H-pyrrole nitrogens is 1. The zero-order valence-electron chi connectivity index (χ0n) is 9.27. The summed E-state index contributed by atoms with van der Waals surface area (Å²) in [6, 6.07) is -0.0715. The fraction of sp³-hybridized carbons (Fsp3) is 0.667. The van der Waals surface area contributed by atoms with Crippen LogP contribution >= 0.6 is 0 Å². The Balaban J connectivity index is 2.12. The maximum atomic E-state index is 11.9.